The molecule has 1 aliphatic rings. The highest BCUT2D eigenvalue weighted by Gasteiger charge is 2.24. The fourth-order valence-electron chi connectivity index (χ4n) is 2.35. The second-order valence-electron chi connectivity index (χ2n) is 4.78. The fraction of sp³-hybridized carbons (Fsp3) is 0.286. The summed E-state index contributed by atoms with van der Waals surface area (Å²) in [7, 11) is 0. The Morgan fingerprint density at radius 1 is 1.30 bits per heavy atom. The van der Waals surface area contributed by atoms with Crippen LogP contribution >= 0.6 is 15.9 Å². The normalized spacial score (nSPS) is 14.2. The number of benzene rings is 1. The molecule has 6 heteroatoms. The van der Waals surface area contributed by atoms with Crippen molar-refractivity contribution in [1.29, 1.82) is 0 Å². The number of hydrogen-bond donors (Lipinski definition) is 0. The molecule has 1 amide bonds. The van der Waals surface area contributed by atoms with Crippen molar-refractivity contribution in [2.45, 2.75) is 20.0 Å². The lowest BCUT2D eigenvalue weighted by molar-refractivity contribution is -0.130. The van der Waals surface area contributed by atoms with E-state index in [1.54, 1.807) is 24.0 Å². The SMILES string of the molecule is CC(=O)N1CCn2nc(-c3ccc(F)cc3)c(Br)c2C1. The first kappa shape index (κ1) is 13.3. The summed E-state index contributed by atoms with van der Waals surface area (Å²) in [6.45, 7) is 3.46. The van der Waals surface area contributed by atoms with Gasteiger partial charge in [0.25, 0.3) is 0 Å². The van der Waals surface area contributed by atoms with Crippen molar-refractivity contribution < 1.29 is 9.18 Å². The van der Waals surface area contributed by atoms with Crippen LogP contribution in [0.5, 0.6) is 0 Å². The zero-order chi connectivity index (χ0) is 14.3. The average Bonchev–Trinajstić information content (AvgIpc) is 2.76. The molecule has 0 bridgehead atoms. The lowest BCUT2D eigenvalue weighted by atomic mass is 10.1. The topological polar surface area (TPSA) is 38.1 Å². The van der Waals surface area contributed by atoms with Gasteiger partial charge in [-0.2, -0.15) is 5.10 Å². The second kappa shape index (κ2) is 5.01. The van der Waals surface area contributed by atoms with E-state index < -0.39 is 0 Å². The molecule has 0 aliphatic carbocycles. The number of nitrogens with zero attached hydrogens (tertiary/aromatic N) is 3. The quantitative estimate of drug-likeness (QED) is 0.802. The smallest absolute Gasteiger partial charge is 0.219 e. The molecule has 0 saturated heterocycles. The maximum atomic E-state index is 13.0. The molecule has 2 heterocycles. The van der Waals surface area contributed by atoms with Gasteiger partial charge in [-0.1, -0.05) is 0 Å². The van der Waals surface area contributed by atoms with Gasteiger partial charge < -0.3 is 4.90 Å². The molecule has 0 spiro atoms. The van der Waals surface area contributed by atoms with Gasteiger partial charge in [-0.15, -0.1) is 0 Å². The van der Waals surface area contributed by atoms with Crippen molar-refractivity contribution in [3.8, 4) is 11.3 Å². The van der Waals surface area contributed by atoms with Crippen LogP contribution in [0.25, 0.3) is 11.3 Å². The molecule has 20 heavy (non-hydrogen) atoms. The van der Waals surface area contributed by atoms with E-state index in [1.165, 1.54) is 12.1 Å². The molecular weight excluding hydrogens is 325 g/mol. The van der Waals surface area contributed by atoms with E-state index in [-0.39, 0.29) is 11.7 Å². The molecule has 0 radical (unpaired) electrons. The van der Waals surface area contributed by atoms with Crippen molar-refractivity contribution in [3.05, 3.63) is 40.2 Å². The predicted octanol–water partition coefficient (Wildman–Crippen LogP) is 2.81. The van der Waals surface area contributed by atoms with Crippen LogP contribution in [0.15, 0.2) is 28.7 Å². The van der Waals surface area contributed by atoms with Crippen molar-refractivity contribution in [3.63, 3.8) is 0 Å². The van der Waals surface area contributed by atoms with Gasteiger partial charge in [0.15, 0.2) is 0 Å². The lowest BCUT2D eigenvalue weighted by Gasteiger charge is -2.26. The fourth-order valence-corrected chi connectivity index (χ4v) is 2.99. The van der Waals surface area contributed by atoms with Crippen molar-refractivity contribution in [1.82, 2.24) is 14.7 Å². The van der Waals surface area contributed by atoms with E-state index in [9.17, 15) is 9.18 Å². The molecule has 0 atom stereocenters. The summed E-state index contributed by atoms with van der Waals surface area (Å²) in [4.78, 5) is 13.3. The largest absolute Gasteiger partial charge is 0.335 e. The van der Waals surface area contributed by atoms with E-state index >= 15 is 0 Å². The van der Waals surface area contributed by atoms with Crippen LogP contribution in [-0.2, 0) is 17.9 Å². The van der Waals surface area contributed by atoms with E-state index in [0.29, 0.717) is 19.6 Å². The van der Waals surface area contributed by atoms with Gasteiger partial charge in [-0.3, -0.25) is 9.48 Å². The van der Waals surface area contributed by atoms with Gasteiger partial charge in [0, 0.05) is 19.0 Å². The average molecular weight is 338 g/mol. The summed E-state index contributed by atoms with van der Waals surface area (Å²) in [6, 6.07) is 6.25. The summed E-state index contributed by atoms with van der Waals surface area (Å²) in [5, 5.41) is 4.55. The Morgan fingerprint density at radius 2 is 2.00 bits per heavy atom. The Hall–Kier alpha value is -1.69. The van der Waals surface area contributed by atoms with Crippen LogP contribution in [0.3, 0.4) is 0 Å². The molecule has 0 N–H and O–H groups in total. The van der Waals surface area contributed by atoms with Crippen molar-refractivity contribution in [2.24, 2.45) is 0 Å². The number of carbonyl (C=O) groups is 1. The summed E-state index contributed by atoms with van der Waals surface area (Å²) >= 11 is 3.55. The zero-order valence-electron chi connectivity index (χ0n) is 10.9. The third kappa shape index (κ3) is 2.24. The highest BCUT2D eigenvalue weighted by Crippen LogP contribution is 2.32. The van der Waals surface area contributed by atoms with Crippen LogP contribution < -0.4 is 0 Å². The predicted molar refractivity (Wildman–Crippen MR) is 76.4 cm³/mol. The minimum absolute atomic E-state index is 0.0627. The minimum atomic E-state index is -0.267. The Labute approximate surface area is 124 Å². The lowest BCUT2D eigenvalue weighted by Crippen LogP contribution is -2.37. The molecule has 2 aromatic rings. The van der Waals surface area contributed by atoms with Gasteiger partial charge in [-0.25, -0.2) is 4.39 Å². The molecule has 4 nitrogen and oxygen atoms in total. The number of aromatic nitrogens is 2. The van der Waals surface area contributed by atoms with E-state index in [4.69, 9.17) is 0 Å². The van der Waals surface area contributed by atoms with E-state index in [2.05, 4.69) is 21.0 Å². The molecule has 1 aromatic carbocycles. The third-order valence-corrected chi connectivity index (χ3v) is 4.31. The second-order valence-corrected chi connectivity index (χ2v) is 5.57. The van der Waals surface area contributed by atoms with Crippen molar-refractivity contribution >= 4 is 21.8 Å². The Morgan fingerprint density at radius 3 is 2.65 bits per heavy atom. The van der Waals surface area contributed by atoms with Gasteiger partial charge in [-0.05, 0) is 40.2 Å². The number of halogens is 2. The Kier molecular flexibility index (Phi) is 3.33. The molecule has 104 valence electrons. The number of hydrogen-bond acceptors (Lipinski definition) is 2. The summed E-state index contributed by atoms with van der Waals surface area (Å²) in [5.41, 5.74) is 2.62. The van der Waals surface area contributed by atoms with Crippen molar-refractivity contribution in [2.75, 3.05) is 6.54 Å². The number of rotatable bonds is 1. The monoisotopic (exact) mass is 337 g/mol. The highest BCUT2D eigenvalue weighted by molar-refractivity contribution is 9.10. The molecule has 1 aromatic heterocycles. The van der Waals surface area contributed by atoms with E-state index in [1.807, 2.05) is 4.68 Å². The maximum absolute atomic E-state index is 13.0. The number of amides is 1. The first-order chi connectivity index (χ1) is 9.56. The molecule has 0 unspecified atom stereocenters. The molecule has 0 saturated carbocycles. The van der Waals surface area contributed by atoms with Crippen LogP contribution in [0.2, 0.25) is 0 Å². The van der Waals surface area contributed by atoms with Crippen LogP contribution in [-0.4, -0.2) is 27.1 Å². The standard InChI is InChI=1S/C14H13BrFN3O/c1-9(20)18-6-7-19-12(8-18)13(15)14(17-19)10-2-4-11(16)5-3-10/h2-5H,6-8H2,1H3. The Bertz CT molecular complexity index is 666. The Balaban J connectivity index is 2.00. The van der Waals surface area contributed by atoms with Gasteiger partial charge in [0.1, 0.15) is 11.5 Å². The molecule has 0 fully saturated rings. The van der Waals surface area contributed by atoms with Crippen LogP contribution in [0.1, 0.15) is 12.6 Å². The number of fused-ring (bicyclic) bond motifs is 1. The van der Waals surface area contributed by atoms with E-state index in [0.717, 1.165) is 21.4 Å². The summed E-state index contributed by atoms with van der Waals surface area (Å²) in [6.07, 6.45) is 0. The first-order valence-corrected chi connectivity index (χ1v) is 7.12. The maximum Gasteiger partial charge on any atom is 0.219 e. The minimum Gasteiger partial charge on any atom is -0.335 e. The first-order valence-electron chi connectivity index (χ1n) is 6.33. The van der Waals surface area contributed by atoms with Gasteiger partial charge >= 0.3 is 0 Å². The number of carbonyl (C=O) groups excluding carboxylic acids is 1. The zero-order valence-corrected chi connectivity index (χ0v) is 12.5. The van der Waals surface area contributed by atoms with Crippen LogP contribution in [0, 0.1) is 5.82 Å². The highest BCUT2D eigenvalue weighted by atomic mass is 79.9. The van der Waals surface area contributed by atoms with Crippen LogP contribution in [0.4, 0.5) is 4.39 Å². The molecule has 3 rings (SSSR count). The third-order valence-electron chi connectivity index (χ3n) is 3.48. The summed E-state index contributed by atoms with van der Waals surface area (Å²) < 4.78 is 15.8. The molecule has 1 aliphatic heterocycles. The molecular formula is C14H13BrFN3O. The van der Waals surface area contributed by atoms with Gasteiger partial charge in [0.05, 0.1) is 23.3 Å². The summed E-state index contributed by atoms with van der Waals surface area (Å²) in [5.74, 6) is -0.204. The van der Waals surface area contributed by atoms with Gasteiger partial charge in [0.2, 0.25) is 5.91 Å².